The number of hydrogen-bond donors (Lipinski definition) is 0. The number of non-ortho nitro benzene ring substituents is 1. The van der Waals surface area contributed by atoms with E-state index in [-0.39, 0.29) is 16.3 Å². The SMILES string of the molecule is CCOP(=S)(SSc1ccc([N+](=O)[O-])cc1[N+](=O)[O-])c1ccc(OC)cc1. The first-order chi connectivity index (χ1) is 12.8. The summed E-state index contributed by atoms with van der Waals surface area (Å²) in [5.41, 5.74) is -3.22. The quantitative estimate of drug-likeness (QED) is 0.230. The molecule has 0 fully saturated rings. The highest BCUT2D eigenvalue weighted by atomic mass is 33.4. The van der Waals surface area contributed by atoms with Crippen molar-refractivity contribution in [2.24, 2.45) is 0 Å². The van der Waals surface area contributed by atoms with Crippen molar-refractivity contribution < 1.29 is 19.1 Å². The lowest BCUT2D eigenvalue weighted by atomic mass is 10.3. The summed E-state index contributed by atoms with van der Waals surface area (Å²) in [5, 5.41) is 22.9. The lowest BCUT2D eigenvalue weighted by Gasteiger charge is -2.20. The zero-order valence-corrected chi connectivity index (χ0v) is 17.6. The molecule has 8 nitrogen and oxygen atoms in total. The summed E-state index contributed by atoms with van der Waals surface area (Å²) in [6.07, 6.45) is 0. The second kappa shape index (κ2) is 9.52. The number of nitro benzene ring substituents is 2. The van der Waals surface area contributed by atoms with Gasteiger partial charge in [-0.2, -0.15) is 0 Å². The Labute approximate surface area is 168 Å². The number of nitrogens with zero attached hydrogens (tertiary/aromatic N) is 2. The molecule has 144 valence electrons. The zero-order valence-electron chi connectivity index (χ0n) is 14.3. The van der Waals surface area contributed by atoms with Crippen LogP contribution < -0.4 is 10.0 Å². The minimum absolute atomic E-state index is 0.276. The van der Waals surface area contributed by atoms with E-state index in [0.29, 0.717) is 12.4 Å². The third-order valence-corrected chi connectivity index (χ3v) is 12.9. The molecule has 12 heteroatoms. The summed E-state index contributed by atoms with van der Waals surface area (Å²) in [5.74, 6) is 0.681. The van der Waals surface area contributed by atoms with Crippen molar-refractivity contribution in [3.8, 4) is 5.75 Å². The Balaban J connectivity index is 2.31. The predicted molar refractivity (Wildman–Crippen MR) is 112 cm³/mol. The topological polar surface area (TPSA) is 105 Å². The summed E-state index contributed by atoms with van der Waals surface area (Å²) >= 11 is 5.73. The van der Waals surface area contributed by atoms with Crippen LogP contribution in [0.25, 0.3) is 0 Å². The first-order valence-electron chi connectivity index (χ1n) is 7.49. The van der Waals surface area contributed by atoms with Gasteiger partial charge in [-0.1, -0.05) is 0 Å². The van der Waals surface area contributed by atoms with Crippen molar-refractivity contribution in [3.05, 3.63) is 62.7 Å². The first kappa shape index (κ1) is 21.6. The van der Waals surface area contributed by atoms with Crippen LogP contribution in [0.4, 0.5) is 11.4 Å². The van der Waals surface area contributed by atoms with Crippen LogP contribution >= 0.6 is 26.7 Å². The number of benzene rings is 2. The molecule has 0 N–H and O–H groups in total. The largest absolute Gasteiger partial charge is 0.497 e. The Morgan fingerprint density at radius 3 is 2.30 bits per heavy atom. The van der Waals surface area contributed by atoms with Crippen LogP contribution in [0.5, 0.6) is 5.75 Å². The smallest absolute Gasteiger partial charge is 0.290 e. The maximum absolute atomic E-state index is 11.3. The molecule has 0 saturated heterocycles. The van der Waals surface area contributed by atoms with Crippen molar-refractivity contribution in [1.82, 2.24) is 0 Å². The fourth-order valence-corrected chi connectivity index (χ4v) is 9.95. The van der Waals surface area contributed by atoms with Gasteiger partial charge in [-0.15, -0.1) is 0 Å². The molecule has 0 amide bonds. The van der Waals surface area contributed by atoms with Gasteiger partial charge in [-0.25, -0.2) is 0 Å². The first-order valence-corrected chi connectivity index (χ1v) is 13.0. The molecule has 2 rings (SSSR count). The van der Waals surface area contributed by atoms with Gasteiger partial charge in [0, 0.05) is 11.4 Å². The van der Waals surface area contributed by atoms with Crippen molar-refractivity contribution >= 4 is 55.2 Å². The molecule has 0 aliphatic heterocycles. The molecule has 0 bridgehead atoms. The molecule has 0 saturated carbocycles. The van der Waals surface area contributed by atoms with Gasteiger partial charge in [-0.3, -0.25) is 20.2 Å². The van der Waals surface area contributed by atoms with Gasteiger partial charge >= 0.3 is 0 Å². The van der Waals surface area contributed by atoms with Crippen LogP contribution in [0.15, 0.2) is 47.4 Å². The van der Waals surface area contributed by atoms with Crippen LogP contribution in [0.1, 0.15) is 6.92 Å². The Hall–Kier alpha value is -1.65. The van der Waals surface area contributed by atoms with Gasteiger partial charge < -0.3 is 9.26 Å². The molecule has 2 aromatic rings. The van der Waals surface area contributed by atoms with Crippen molar-refractivity contribution in [2.45, 2.75) is 11.8 Å². The molecule has 0 aliphatic rings. The summed E-state index contributed by atoms with van der Waals surface area (Å²) in [6.45, 7) is 2.21. The maximum Gasteiger partial charge on any atom is 0.290 e. The lowest BCUT2D eigenvalue weighted by molar-refractivity contribution is -0.396. The van der Waals surface area contributed by atoms with E-state index in [9.17, 15) is 20.2 Å². The normalized spacial score (nSPS) is 13.0. The number of rotatable bonds is 9. The second-order valence-corrected chi connectivity index (χ2v) is 13.5. The molecule has 0 aromatic heterocycles. The number of ether oxygens (including phenoxy) is 1. The van der Waals surface area contributed by atoms with Gasteiger partial charge in [0.15, 0.2) is 5.47 Å². The number of hydrogen-bond acceptors (Lipinski definition) is 9. The summed E-state index contributed by atoms with van der Waals surface area (Å²) in [7, 11) is 3.87. The minimum Gasteiger partial charge on any atom is -0.497 e. The van der Waals surface area contributed by atoms with Crippen molar-refractivity contribution in [1.29, 1.82) is 0 Å². The van der Waals surface area contributed by atoms with Gasteiger partial charge in [0.05, 0.1) is 34.5 Å². The van der Waals surface area contributed by atoms with E-state index >= 15 is 0 Å². The fourth-order valence-electron chi connectivity index (χ4n) is 2.00. The van der Waals surface area contributed by atoms with Crippen LogP contribution in [0, 0.1) is 20.2 Å². The highest BCUT2D eigenvalue weighted by Gasteiger charge is 2.26. The third-order valence-electron chi connectivity index (χ3n) is 3.26. The molecular weight excluding hydrogens is 431 g/mol. The van der Waals surface area contributed by atoms with E-state index in [0.717, 1.165) is 22.2 Å². The number of methoxy groups -OCH3 is 1. The highest BCUT2D eigenvalue weighted by molar-refractivity contribution is 9.04. The van der Waals surface area contributed by atoms with Gasteiger partial charge in [0.1, 0.15) is 5.75 Å². The molecule has 1 atom stereocenters. The van der Waals surface area contributed by atoms with E-state index in [4.69, 9.17) is 21.1 Å². The Morgan fingerprint density at radius 1 is 1.11 bits per heavy atom. The second-order valence-electron chi connectivity index (χ2n) is 4.94. The minimum atomic E-state index is -2.55. The average Bonchev–Trinajstić information content (AvgIpc) is 2.66. The van der Waals surface area contributed by atoms with Crippen molar-refractivity contribution in [2.75, 3.05) is 13.7 Å². The van der Waals surface area contributed by atoms with Gasteiger partial charge in [-0.05, 0) is 70.3 Å². The molecule has 0 radical (unpaired) electrons. The van der Waals surface area contributed by atoms with E-state index in [1.54, 1.807) is 19.2 Å². The summed E-state index contributed by atoms with van der Waals surface area (Å²) < 4.78 is 11.0. The zero-order chi connectivity index (χ0) is 20.0. The van der Waals surface area contributed by atoms with Gasteiger partial charge in [0.2, 0.25) is 0 Å². The van der Waals surface area contributed by atoms with E-state index in [2.05, 4.69) is 0 Å². The van der Waals surface area contributed by atoms with Gasteiger partial charge in [0.25, 0.3) is 11.4 Å². The molecule has 2 aromatic carbocycles. The molecule has 0 heterocycles. The van der Waals surface area contributed by atoms with E-state index in [1.165, 1.54) is 22.5 Å². The average molecular weight is 446 g/mol. The Morgan fingerprint density at radius 2 is 1.78 bits per heavy atom. The third kappa shape index (κ3) is 5.43. The number of nitro groups is 2. The molecule has 0 spiro atoms. The Bertz CT molecular complexity index is 894. The lowest BCUT2D eigenvalue weighted by Crippen LogP contribution is -2.04. The Kier molecular flexibility index (Phi) is 7.63. The summed E-state index contributed by atoms with van der Waals surface area (Å²) in [6, 6.07) is 10.7. The van der Waals surface area contributed by atoms with Crippen LogP contribution in [-0.4, -0.2) is 23.6 Å². The van der Waals surface area contributed by atoms with Crippen molar-refractivity contribution in [3.63, 3.8) is 0 Å². The van der Waals surface area contributed by atoms with Crippen LogP contribution in [-0.2, 0) is 16.3 Å². The standard InChI is InChI=1S/C15H15N2O6PS3/c1-3-23-24(25,13-7-5-12(22-2)6-8-13)27-26-15-9-4-11(16(18)19)10-14(15)17(20)21/h4-10H,3H2,1-2H3. The van der Waals surface area contributed by atoms with E-state index < -0.39 is 15.3 Å². The predicted octanol–water partition coefficient (Wildman–Crippen LogP) is 4.92. The molecule has 0 aliphatic carbocycles. The maximum atomic E-state index is 11.3. The monoisotopic (exact) mass is 446 g/mol. The van der Waals surface area contributed by atoms with E-state index in [1.807, 2.05) is 19.1 Å². The molecule has 27 heavy (non-hydrogen) atoms. The fraction of sp³-hybridized carbons (Fsp3) is 0.200. The summed E-state index contributed by atoms with van der Waals surface area (Å²) in [4.78, 5) is 21.1. The van der Waals surface area contributed by atoms with Crippen LogP contribution in [0.2, 0.25) is 0 Å². The molecular formula is C15H15N2O6PS3. The van der Waals surface area contributed by atoms with Crippen LogP contribution in [0.3, 0.4) is 0 Å². The highest BCUT2D eigenvalue weighted by Crippen LogP contribution is 2.66. The molecule has 1 unspecified atom stereocenters.